The van der Waals surface area contributed by atoms with Crippen molar-refractivity contribution in [1.29, 1.82) is 0 Å². The molecule has 10 heteroatoms. The Morgan fingerprint density at radius 1 is 1.50 bits per heavy atom. The predicted molar refractivity (Wildman–Crippen MR) is 55.9 cm³/mol. The van der Waals surface area contributed by atoms with E-state index in [4.69, 9.17) is 5.11 Å². The Kier molecular flexibility index (Phi) is 3.93. The fourth-order valence-electron chi connectivity index (χ4n) is 1.09. The van der Waals surface area contributed by atoms with Gasteiger partial charge >= 0.3 is 5.97 Å². The van der Waals surface area contributed by atoms with E-state index in [0.717, 1.165) is 6.07 Å². The SMILES string of the molecule is O=C(O)CNS(=O)(=O)c1cc(F)ccc1[N+](=O)[O-]. The molecule has 98 valence electrons. The Labute approximate surface area is 100 Å². The molecule has 0 aliphatic heterocycles. The van der Waals surface area contributed by atoms with E-state index < -0.39 is 43.9 Å². The summed E-state index contributed by atoms with van der Waals surface area (Å²) in [4.78, 5) is 18.9. The third-order valence-electron chi connectivity index (χ3n) is 1.82. The van der Waals surface area contributed by atoms with Crippen LogP contribution in [-0.4, -0.2) is 31.0 Å². The molecule has 1 rings (SSSR count). The van der Waals surface area contributed by atoms with Crippen molar-refractivity contribution < 1.29 is 27.6 Å². The zero-order chi connectivity index (χ0) is 13.9. The van der Waals surface area contributed by atoms with Crippen molar-refractivity contribution in [2.75, 3.05) is 6.54 Å². The summed E-state index contributed by atoms with van der Waals surface area (Å²) in [5.41, 5.74) is -0.839. The summed E-state index contributed by atoms with van der Waals surface area (Å²) in [6.07, 6.45) is 0. The van der Waals surface area contributed by atoms with E-state index in [2.05, 4.69) is 0 Å². The minimum atomic E-state index is -4.47. The minimum Gasteiger partial charge on any atom is -0.480 e. The number of rotatable bonds is 5. The van der Waals surface area contributed by atoms with Crippen LogP contribution in [0.3, 0.4) is 0 Å². The number of nitro benzene ring substituents is 1. The van der Waals surface area contributed by atoms with Gasteiger partial charge in [0.15, 0.2) is 4.90 Å². The number of halogens is 1. The zero-order valence-corrected chi connectivity index (χ0v) is 9.48. The van der Waals surface area contributed by atoms with Crippen LogP contribution >= 0.6 is 0 Å². The second kappa shape index (κ2) is 5.06. The van der Waals surface area contributed by atoms with Gasteiger partial charge in [0.05, 0.1) is 4.92 Å². The molecule has 0 atom stereocenters. The van der Waals surface area contributed by atoms with Gasteiger partial charge in [0.1, 0.15) is 12.4 Å². The number of nitro groups is 1. The van der Waals surface area contributed by atoms with Crippen molar-refractivity contribution in [3.05, 3.63) is 34.1 Å². The summed E-state index contributed by atoms with van der Waals surface area (Å²) in [5, 5.41) is 18.9. The van der Waals surface area contributed by atoms with Crippen molar-refractivity contribution in [3.8, 4) is 0 Å². The van der Waals surface area contributed by atoms with E-state index in [1.807, 2.05) is 0 Å². The molecule has 0 aromatic heterocycles. The normalized spacial score (nSPS) is 11.2. The average molecular weight is 278 g/mol. The molecule has 0 spiro atoms. The predicted octanol–water partition coefficient (Wildman–Crippen LogP) is 0.0968. The summed E-state index contributed by atoms with van der Waals surface area (Å²) < 4.78 is 37.6. The van der Waals surface area contributed by atoms with E-state index >= 15 is 0 Å². The second-order valence-corrected chi connectivity index (χ2v) is 4.82. The van der Waals surface area contributed by atoms with Crippen molar-refractivity contribution in [2.24, 2.45) is 0 Å². The van der Waals surface area contributed by atoms with Crippen LogP contribution in [0.25, 0.3) is 0 Å². The van der Waals surface area contributed by atoms with Crippen LogP contribution in [-0.2, 0) is 14.8 Å². The molecule has 0 heterocycles. The number of carboxylic acid groups (broad SMARTS) is 1. The van der Waals surface area contributed by atoms with Gasteiger partial charge in [-0.3, -0.25) is 14.9 Å². The van der Waals surface area contributed by atoms with Gasteiger partial charge in [-0.05, 0) is 6.07 Å². The number of carboxylic acids is 1. The van der Waals surface area contributed by atoms with Gasteiger partial charge in [0.2, 0.25) is 10.0 Å². The smallest absolute Gasteiger partial charge is 0.318 e. The molecule has 1 aromatic rings. The summed E-state index contributed by atoms with van der Waals surface area (Å²) in [7, 11) is -4.47. The lowest BCUT2D eigenvalue weighted by Crippen LogP contribution is -2.29. The van der Waals surface area contributed by atoms with Gasteiger partial charge in [0, 0.05) is 12.1 Å². The van der Waals surface area contributed by atoms with Crippen molar-refractivity contribution in [3.63, 3.8) is 0 Å². The van der Waals surface area contributed by atoms with Gasteiger partial charge in [-0.15, -0.1) is 0 Å². The quantitative estimate of drug-likeness (QED) is 0.580. The molecular weight excluding hydrogens is 271 g/mol. The monoisotopic (exact) mass is 278 g/mol. The van der Waals surface area contributed by atoms with Crippen LogP contribution in [0.15, 0.2) is 23.1 Å². The Hall–Kier alpha value is -2.07. The molecule has 0 aliphatic rings. The number of sulfonamides is 1. The standard InChI is InChI=1S/C8H7FN2O6S/c9-5-1-2-6(11(14)15)7(3-5)18(16,17)10-4-8(12)13/h1-3,10H,4H2,(H,12,13). The highest BCUT2D eigenvalue weighted by molar-refractivity contribution is 7.89. The number of carbonyl (C=O) groups is 1. The van der Waals surface area contributed by atoms with Crippen LogP contribution < -0.4 is 4.72 Å². The summed E-state index contributed by atoms with van der Waals surface area (Å²) >= 11 is 0. The molecule has 0 unspecified atom stereocenters. The average Bonchev–Trinajstić information content (AvgIpc) is 2.26. The minimum absolute atomic E-state index is 0.447. The molecule has 0 amide bonds. The first-order valence-electron chi connectivity index (χ1n) is 4.39. The summed E-state index contributed by atoms with van der Waals surface area (Å²) in [6.45, 7) is -0.962. The highest BCUT2D eigenvalue weighted by Gasteiger charge is 2.26. The molecule has 0 saturated heterocycles. The fraction of sp³-hybridized carbons (Fsp3) is 0.125. The highest BCUT2D eigenvalue weighted by Crippen LogP contribution is 2.24. The first kappa shape index (κ1) is 14.0. The van der Waals surface area contributed by atoms with Gasteiger partial charge < -0.3 is 5.11 Å². The van der Waals surface area contributed by atoms with Gasteiger partial charge in [0.25, 0.3) is 5.69 Å². The van der Waals surface area contributed by atoms with Crippen molar-refractivity contribution >= 4 is 21.7 Å². The van der Waals surface area contributed by atoms with E-state index in [9.17, 15) is 27.7 Å². The lowest BCUT2D eigenvalue weighted by atomic mass is 10.3. The summed E-state index contributed by atoms with van der Waals surface area (Å²) in [5.74, 6) is -2.46. The van der Waals surface area contributed by atoms with Crippen LogP contribution in [0.5, 0.6) is 0 Å². The Balaban J connectivity index is 3.26. The molecule has 0 aliphatic carbocycles. The van der Waals surface area contributed by atoms with Gasteiger partial charge in [-0.1, -0.05) is 0 Å². The van der Waals surface area contributed by atoms with E-state index in [1.54, 1.807) is 4.72 Å². The topological polar surface area (TPSA) is 127 Å². The van der Waals surface area contributed by atoms with E-state index in [0.29, 0.717) is 12.1 Å². The van der Waals surface area contributed by atoms with Gasteiger partial charge in [-0.25, -0.2) is 12.8 Å². The molecule has 0 fully saturated rings. The number of hydrogen-bond acceptors (Lipinski definition) is 5. The first-order valence-corrected chi connectivity index (χ1v) is 5.88. The number of aliphatic carboxylic acids is 1. The van der Waals surface area contributed by atoms with Crippen LogP contribution in [0, 0.1) is 15.9 Å². The summed E-state index contributed by atoms with van der Waals surface area (Å²) in [6, 6.07) is 1.86. The second-order valence-electron chi connectivity index (χ2n) is 3.09. The third kappa shape index (κ3) is 3.21. The molecular formula is C8H7FN2O6S. The molecule has 0 saturated carbocycles. The maximum atomic E-state index is 12.9. The van der Waals surface area contributed by atoms with Crippen LogP contribution in [0.2, 0.25) is 0 Å². The molecule has 8 nitrogen and oxygen atoms in total. The Morgan fingerprint density at radius 3 is 2.61 bits per heavy atom. The lowest BCUT2D eigenvalue weighted by molar-refractivity contribution is -0.387. The molecule has 2 N–H and O–H groups in total. The maximum absolute atomic E-state index is 12.9. The first-order chi connectivity index (χ1) is 8.24. The van der Waals surface area contributed by atoms with E-state index in [1.165, 1.54) is 0 Å². The lowest BCUT2D eigenvalue weighted by Gasteiger charge is -2.05. The molecule has 0 radical (unpaired) electrons. The Bertz CT molecular complexity index is 600. The van der Waals surface area contributed by atoms with Crippen LogP contribution in [0.4, 0.5) is 10.1 Å². The number of benzene rings is 1. The fourth-order valence-corrected chi connectivity index (χ4v) is 2.24. The number of hydrogen-bond donors (Lipinski definition) is 2. The van der Waals surface area contributed by atoms with E-state index in [-0.39, 0.29) is 0 Å². The zero-order valence-electron chi connectivity index (χ0n) is 8.66. The highest BCUT2D eigenvalue weighted by atomic mass is 32.2. The molecule has 1 aromatic carbocycles. The van der Waals surface area contributed by atoms with Crippen molar-refractivity contribution in [2.45, 2.75) is 4.90 Å². The van der Waals surface area contributed by atoms with Crippen LogP contribution in [0.1, 0.15) is 0 Å². The largest absolute Gasteiger partial charge is 0.480 e. The number of nitrogens with one attached hydrogen (secondary N) is 1. The number of nitrogens with zero attached hydrogens (tertiary/aromatic N) is 1. The van der Waals surface area contributed by atoms with Gasteiger partial charge in [-0.2, -0.15) is 4.72 Å². The molecule has 0 bridgehead atoms. The van der Waals surface area contributed by atoms with Crippen molar-refractivity contribution in [1.82, 2.24) is 4.72 Å². The third-order valence-corrected chi connectivity index (χ3v) is 3.25. The Morgan fingerprint density at radius 2 is 2.11 bits per heavy atom. The molecule has 18 heavy (non-hydrogen) atoms. The maximum Gasteiger partial charge on any atom is 0.318 e.